The average molecular weight is 675 g/mol. The third-order valence-electron chi connectivity index (χ3n) is 7.29. The molecule has 0 aromatic rings. The molecule has 4 nitrogen and oxygen atoms in total. The standard InChI is InChI=1S/2C18H34O2.Cd/c2*1-2-3-4-5-6-7-8-9-10-11-12-13-14-15-16-17-18(19)20;/h2*9-10H,2-8,11-17H2,1H3,(H,19,20);/q;;+2/p-2/b2*10-9+;. The first-order valence-electron chi connectivity index (χ1n) is 17.2. The van der Waals surface area contributed by atoms with Gasteiger partial charge in [0.2, 0.25) is 0 Å². The molecule has 0 spiro atoms. The van der Waals surface area contributed by atoms with Crippen LogP contribution in [0.1, 0.15) is 194 Å². The fourth-order valence-electron chi connectivity index (χ4n) is 4.68. The molecule has 0 heterocycles. The molecule has 41 heavy (non-hydrogen) atoms. The summed E-state index contributed by atoms with van der Waals surface area (Å²) in [5, 5.41) is 20.4. The van der Waals surface area contributed by atoms with Crippen LogP contribution in [0.4, 0.5) is 0 Å². The number of rotatable bonds is 30. The van der Waals surface area contributed by atoms with Crippen LogP contribution in [0.3, 0.4) is 0 Å². The van der Waals surface area contributed by atoms with Crippen LogP contribution in [0.2, 0.25) is 0 Å². The number of carbonyl (C=O) groups excluding carboxylic acids is 2. The molecule has 236 valence electrons. The Labute approximate surface area is 275 Å². The fourth-order valence-corrected chi connectivity index (χ4v) is 4.68. The molecule has 0 unspecified atom stereocenters. The summed E-state index contributed by atoms with van der Waals surface area (Å²) in [7, 11) is 0. The number of carbonyl (C=O) groups is 2. The van der Waals surface area contributed by atoms with Gasteiger partial charge in [0, 0.05) is 11.9 Å². The number of unbranched alkanes of at least 4 members (excludes halogenated alkanes) is 22. The minimum Gasteiger partial charge on any atom is -0.550 e. The van der Waals surface area contributed by atoms with E-state index in [-0.39, 0.29) is 40.1 Å². The molecular formula is C36H66CdO4. The molecular weight excluding hydrogens is 609 g/mol. The van der Waals surface area contributed by atoms with E-state index in [9.17, 15) is 19.8 Å². The number of carboxylic acids is 2. The van der Waals surface area contributed by atoms with Crippen LogP contribution in [0.25, 0.3) is 0 Å². The van der Waals surface area contributed by atoms with Crippen LogP contribution in [0.5, 0.6) is 0 Å². The van der Waals surface area contributed by atoms with Crippen molar-refractivity contribution in [1.29, 1.82) is 0 Å². The van der Waals surface area contributed by atoms with Crippen LogP contribution < -0.4 is 10.2 Å². The molecule has 0 bridgehead atoms. The summed E-state index contributed by atoms with van der Waals surface area (Å²) in [4.78, 5) is 20.4. The van der Waals surface area contributed by atoms with Crippen molar-refractivity contribution in [3.8, 4) is 0 Å². The summed E-state index contributed by atoms with van der Waals surface area (Å²) in [6, 6.07) is 0. The van der Waals surface area contributed by atoms with Crippen molar-refractivity contribution >= 4 is 11.9 Å². The first-order chi connectivity index (χ1) is 19.5. The molecule has 0 aromatic heterocycles. The van der Waals surface area contributed by atoms with Gasteiger partial charge in [0.25, 0.3) is 0 Å². The van der Waals surface area contributed by atoms with Crippen LogP contribution in [-0.4, -0.2) is 11.9 Å². The van der Waals surface area contributed by atoms with Crippen molar-refractivity contribution in [2.24, 2.45) is 0 Å². The monoisotopic (exact) mass is 676 g/mol. The Hall–Kier alpha value is -0.658. The zero-order valence-electron chi connectivity index (χ0n) is 27.4. The van der Waals surface area contributed by atoms with Crippen molar-refractivity contribution in [2.45, 2.75) is 194 Å². The molecule has 0 aliphatic heterocycles. The molecule has 0 atom stereocenters. The summed E-state index contributed by atoms with van der Waals surface area (Å²) in [6.07, 6.45) is 41.8. The number of allylic oxidation sites excluding steroid dienone is 4. The molecule has 0 fully saturated rings. The van der Waals surface area contributed by atoms with Crippen LogP contribution in [0, 0.1) is 0 Å². The third kappa shape index (κ3) is 49.3. The smallest absolute Gasteiger partial charge is 0.550 e. The van der Waals surface area contributed by atoms with E-state index < -0.39 is 11.9 Å². The van der Waals surface area contributed by atoms with Gasteiger partial charge in [-0.05, 0) is 77.0 Å². The van der Waals surface area contributed by atoms with Crippen molar-refractivity contribution in [3.63, 3.8) is 0 Å². The van der Waals surface area contributed by atoms with Gasteiger partial charge in [-0.2, -0.15) is 0 Å². The van der Waals surface area contributed by atoms with E-state index >= 15 is 0 Å². The van der Waals surface area contributed by atoms with E-state index in [1.165, 1.54) is 128 Å². The predicted octanol–water partition coefficient (Wildman–Crippen LogP) is 9.55. The maximum Gasteiger partial charge on any atom is 2.00 e. The second-order valence-corrected chi connectivity index (χ2v) is 11.4. The minimum atomic E-state index is -0.914. The van der Waals surface area contributed by atoms with Gasteiger partial charge >= 0.3 is 27.3 Å². The van der Waals surface area contributed by atoms with E-state index in [2.05, 4.69) is 38.2 Å². The normalized spacial score (nSPS) is 11.0. The number of hydrogen-bond acceptors (Lipinski definition) is 4. The van der Waals surface area contributed by atoms with Gasteiger partial charge < -0.3 is 19.8 Å². The second-order valence-electron chi connectivity index (χ2n) is 11.4. The van der Waals surface area contributed by atoms with Crippen molar-refractivity contribution in [2.75, 3.05) is 0 Å². The Balaban J connectivity index is -0.000000688. The molecule has 0 N–H and O–H groups in total. The molecule has 0 rings (SSSR count). The Morgan fingerprint density at radius 1 is 0.390 bits per heavy atom. The van der Waals surface area contributed by atoms with Gasteiger partial charge in [-0.1, -0.05) is 141 Å². The van der Waals surface area contributed by atoms with Gasteiger partial charge in [-0.15, -0.1) is 0 Å². The zero-order valence-corrected chi connectivity index (χ0v) is 31.5. The Morgan fingerprint density at radius 2 is 0.610 bits per heavy atom. The van der Waals surface area contributed by atoms with Crippen molar-refractivity contribution in [1.82, 2.24) is 0 Å². The quantitative estimate of drug-likeness (QED) is 0.0432. The van der Waals surface area contributed by atoms with Gasteiger partial charge in [0.1, 0.15) is 0 Å². The zero-order chi connectivity index (χ0) is 29.8. The Bertz CT molecular complexity index is 524. The average Bonchev–Trinajstić information content (AvgIpc) is 2.93. The molecule has 0 aliphatic carbocycles. The van der Waals surface area contributed by atoms with Gasteiger partial charge in [0.15, 0.2) is 0 Å². The van der Waals surface area contributed by atoms with E-state index in [1.807, 2.05) is 0 Å². The molecule has 0 saturated carbocycles. The fraction of sp³-hybridized carbons (Fsp3) is 0.833. The van der Waals surface area contributed by atoms with Crippen LogP contribution >= 0.6 is 0 Å². The number of carboxylic acid groups (broad SMARTS) is 2. The first kappa shape index (κ1) is 44.8. The molecule has 0 saturated heterocycles. The van der Waals surface area contributed by atoms with Gasteiger partial charge in [-0.3, -0.25) is 0 Å². The second kappa shape index (κ2) is 41.5. The Morgan fingerprint density at radius 3 is 0.854 bits per heavy atom. The maximum absolute atomic E-state index is 10.2. The van der Waals surface area contributed by atoms with Crippen molar-refractivity contribution in [3.05, 3.63) is 24.3 Å². The third-order valence-corrected chi connectivity index (χ3v) is 7.29. The summed E-state index contributed by atoms with van der Waals surface area (Å²) < 4.78 is 0. The maximum atomic E-state index is 10.2. The molecule has 5 heteroatoms. The summed E-state index contributed by atoms with van der Waals surface area (Å²) in [6.45, 7) is 4.51. The topological polar surface area (TPSA) is 80.3 Å². The summed E-state index contributed by atoms with van der Waals surface area (Å²) in [5.41, 5.74) is 0. The molecule has 0 aromatic carbocycles. The largest absolute Gasteiger partial charge is 2.00 e. The van der Waals surface area contributed by atoms with E-state index in [1.54, 1.807) is 0 Å². The van der Waals surface area contributed by atoms with E-state index in [4.69, 9.17) is 0 Å². The van der Waals surface area contributed by atoms with Gasteiger partial charge in [-0.25, -0.2) is 0 Å². The van der Waals surface area contributed by atoms with E-state index in [0.29, 0.717) is 0 Å². The van der Waals surface area contributed by atoms with Crippen LogP contribution in [0.15, 0.2) is 24.3 Å². The van der Waals surface area contributed by atoms with Crippen LogP contribution in [-0.2, 0) is 36.9 Å². The predicted molar refractivity (Wildman–Crippen MR) is 169 cm³/mol. The minimum absolute atomic E-state index is 0. The first-order valence-corrected chi connectivity index (χ1v) is 17.2. The number of aliphatic carboxylic acids is 2. The molecule has 0 amide bonds. The van der Waals surface area contributed by atoms with Gasteiger partial charge in [0.05, 0.1) is 0 Å². The number of hydrogen-bond donors (Lipinski definition) is 0. The van der Waals surface area contributed by atoms with Crippen molar-refractivity contribution < 1.29 is 47.1 Å². The summed E-state index contributed by atoms with van der Waals surface area (Å²) >= 11 is 0. The SMILES string of the molecule is CCCCCCCC/C=C/CCCCCCCC(=O)[O-].CCCCCCCC/C=C/CCCCCCCC(=O)[O-].[Cd+2]. The Kier molecular flexibility index (Phi) is 45.3. The molecule has 0 radical (unpaired) electrons. The molecule has 0 aliphatic rings. The summed E-state index contributed by atoms with van der Waals surface area (Å²) in [5.74, 6) is -1.83. The van der Waals surface area contributed by atoms with E-state index in [0.717, 1.165) is 38.5 Å².